The second kappa shape index (κ2) is 11.6. The van der Waals surface area contributed by atoms with Gasteiger partial charge in [-0.25, -0.2) is 8.42 Å². The second-order valence-corrected chi connectivity index (χ2v) is 12.6. The molecular weight excluding hydrogens is 494 g/mol. The number of nitrogens with zero attached hydrogens (tertiary/aromatic N) is 2. The van der Waals surface area contributed by atoms with Crippen molar-refractivity contribution in [2.45, 2.75) is 53.1 Å². The van der Waals surface area contributed by atoms with Crippen molar-refractivity contribution in [1.29, 1.82) is 0 Å². The number of amides is 1. The maximum absolute atomic E-state index is 12.9. The highest BCUT2D eigenvalue weighted by Gasteiger charge is 2.21. The van der Waals surface area contributed by atoms with Crippen LogP contribution in [0.15, 0.2) is 66.7 Å². The van der Waals surface area contributed by atoms with Crippen molar-refractivity contribution in [2.24, 2.45) is 5.92 Å². The molecule has 0 radical (unpaired) electrons. The highest BCUT2D eigenvalue weighted by atomic mass is 32.2. The van der Waals surface area contributed by atoms with E-state index in [2.05, 4.69) is 41.4 Å². The molecule has 1 heterocycles. The first kappa shape index (κ1) is 27.7. The van der Waals surface area contributed by atoms with Gasteiger partial charge in [-0.2, -0.15) is 0 Å². The zero-order valence-electron chi connectivity index (χ0n) is 23.1. The molecule has 1 N–H and O–H groups in total. The molecule has 0 aromatic heterocycles. The zero-order chi connectivity index (χ0) is 27.4. The van der Waals surface area contributed by atoms with Crippen LogP contribution < -0.4 is 14.5 Å². The van der Waals surface area contributed by atoms with E-state index in [0.29, 0.717) is 11.3 Å². The summed E-state index contributed by atoms with van der Waals surface area (Å²) in [5.41, 5.74) is 6.20. The number of rotatable bonds is 8. The van der Waals surface area contributed by atoms with Gasteiger partial charge in [0.1, 0.15) is 0 Å². The van der Waals surface area contributed by atoms with Gasteiger partial charge in [-0.1, -0.05) is 43.3 Å². The molecule has 0 saturated carbocycles. The Hall–Kier alpha value is -3.32. The summed E-state index contributed by atoms with van der Waals surface area (Å²) in [6, 6.07) is 21.3. The van der Waals surface area contributed by atoms with Crippen molar-refractivity contribution >= 4 is 27.3 Å². The Kier molecular flexibility index (Phi) is 8.46. The van der Waals surface area contributed by atoms with E-state index in [1.807, 2.05) is 51.1 Å². The predicted molar refractivity (Wildman–Crippen MR) is 156 cm³/mol. The molecule has 7 heteroatoms. The SMILES string of the molecule is Cc1ccc(C)c(N(Cc2ccc(C(=O)NC(C)c3ccc(N4CCC(C)CC4)cc3)cc2)S(C)(=O)=O)c1. The number of hydrogen-bond donors (Lipinski definition) is 1. The number of carbonyl (C=O) groups is 1. The third kappa shape index (κ3) is 6.76. The lowest BCUT2D eigenvalue weighted by Crippen LogP contribution is -2.32. The van der Waals surface area contributed by atoms with E-state index in [4.69, 9.17) is 0 Å². The minimum atomic E-state index is -3.49. The first-order valence-electron chi connectivity index (χ1n) is 13.3. The van der Waals surface area contributed by atoms with Gasteiger partial charge in [-0.15, -0.1) is 0 Å². The van der Waals surface area contributed by atoms with Gasteiger partial charge >= 0.3 is 0 Å². The standard InChI is InChI=1S/C31H39N3O3S/c1-22-16-18-33(19-17-22)29-14-12-27(13-15-29)25(4)32-31(35)28-10-8-26(9-11-28)21-34(38(5,36)37)30-20-23(2)6-7-24(30)3/h6-15,20,22,25H,16-19,21H2,1-5H3,(H,32,35). The van der Waals surface area contributed by atoms with Crippen molar-refractivity contribution < 1.29 is 13.2 Å². The van der Waals surface area contributed by atoms with Crippen LogP contribution in [0.1, 0.15) is 65.3 Å². The molecule has 1 amide bonds. The zero-order valence-corrected chi connectivity index (χ0v) is 23.9. The number of piperidine rings is 1. The summed E-state index contributed by atoms with van der Waals surface area (Å²) in [6.07, 6.45) is 3.67. The molecule has 3 aromatic rings. The number of benzene rings is 3. The number of anilines is 2. The molecule has 1 fully saturated rings. The molecule has 202 valence electrons. The molecule has 3 aromatic carbocycles. The fraction of sp³-hybridized carbons (Fsp3) is 0.387. The van der Waals surface area contributed by atoms with Gasteiger partial charge in [-0.05, 0) is 92.1 Å². The molecule has 4 rings (SSSR count). The van der Waals surface area contributed by atoms with Gasteiger partial charge in [0.2, 0.25) is 10.0 Å². The Balaban J connectivity index is 1.40. The molecule has 1 aliphatic heterocycles. The van der Waals surface area contributed by atoms with Crippen molar-refractivity contribution in [3.63, 3.8) is 0 Å². The normalized spacial score (nSPS) is 15.2. The molecule has 1 atom stereocenters. The van der Waals surface area contributed by atoms with Crippen LogP contribution in [-0.4, -0.2) is 33.7 Å². The van der Waals surface area contributed by atoms with Crippen LogP contribution in [0.4, 0.5) is 11.4 Å². The fourth-order valence-electron chi connectivity index (χ4n) is 4.90. The third-order valence-electron chi connectivity index (χ3n) is 7.47. The number of sulfonamides is 1. The van der Waals surface area contributed by atoms with Crippen LogP contribution >= 0.6 is 0 Å². The van der Waals surface area contributed by atoms with Crippen LogP contribution in [0, 0.1) is 19.8 Å². The molecule has 38 heavy (non-hydrogen) atoms. The van der Waals surface area contributed by atoms with Crippen LogP contribution in [0.25, 0.3) is 0 Å². The Morgan fingerprint density at radius 3 is 2.24 bits per heavy atom. The first-order chi connectivity index (χ1) is 18.0. The molecule has 1 unspecified atom stereocenters. The quantitative estimate of drug-likeness (QED) is 0.386. The van der Waals surface area contributed by atoms with Crippen molar-refractivity contribution in [3.05, 3.63) is 94.5 Å². The highest BCUT2D eigenvalue weighted by molar-refractivity contribution is 7.92. The van der Waals surface area contributed by atoms with Gasteiger partial charge in [-0.3, -0.25) is 9.10 Å². The van der Waals surface area contributed by atoms with E-state index in [1.54, 1.807) is 12.1 Å². The van der Waals surface area contributed by atoms with Crippen LogP contribution in [0.5, 0.6) is 0 Å². The lowest BCUT2D eigenvalue weighted by molar-refractivity contribution is 0.0940. The largest absolute Gasteiger partial charge is 0.372 e. The smallest absolute Gasteiger partial charge is 0.251 e. The third-order valence-corrected chi connectivity index (χ3v) is 8.59. The lowest BCUT2D eigenvalue weighted by atomic mass is 9.98. The van der Waals surface area contributed by atoms with E-state index in [0.717, 1.165) is 41.3 Å². The van der Waals surface area contributed by atoms with Gasteiger partial charge < -0.3 is 10.2 Å². The molecule has 0 aliphatic carbocycles. The molecule has 1 saturated heterocycles. The van der Waals surface area contributed by atoms with E-state index < -0.39 is 10.0 Å². The number of carbonyl (C=O) groups excluding carboxylic acids is 1. The Labute approximate surface area is 227 Å². The predicted octanol–water partition coefficient (Wildman–Crippen LogP) is 6.00. The van der Waals surface area contributed by atoms with Gasteiger partial charge in [0.15, 0.2) is 0 Å². The number of nitrogens with one attached hydrogen (secondary N) is 1. The maximum Gasteiger partial charge on any atom is 0.251 e. The molecule has 1 aliphatic rings. The summed E-state index contributed by atoms with van der Waals surface area (Å²) in [5.74, 6) is 0.637. The van der Waals surface area contributed by atoms with Crippen molar-refractivity contribution in [1.82, 2.24) is 5.32 Å². The monoisotopic (exact) mass is 533 g/mol. The Bertz CT molecular complexity index is 1360. The molecule has 0 spiro atoms. The summed E-state index contributed by atoms with van der Waals surface area (Å²) in [5, 5.41) is 3.08. The number of aryl methyl sites for hydroxylation is 2. The minimum absolute atomic E-state index is 0.136. The summed E-state index contributed by atoms with van der Waals surface area (Å²) in [6.45, 7) is 10.5. The average Bonchev–Trinajstić information content (AvgIpc) is 2.89. The van der Waals surface area contributed by atoms with E-state index in [1.165, 1.54) is 29.1 Å². The van der Waals surface area contributed by atoms with E-state index in [-0.39, 0.29) is 18.5 Å². The topological polar surface area (TPSA) is 69.7 Å². The van der Waals surface area contributed by atoms with E-state index >= 15 is 0 Å². The summed E-state index contributed by atoms with van der Waals surface area (Å²) < 4.78 is 26.6. The lowest BCUT2D eigenvalue weighted by Gasteiger charge is -2.32. The van der Waals surface area contributed by atoms with E-state index in [9.17, 15) is 13.2 Å². The molecule has 6 nitrogen and oxygen atoms in total. The number of hydrogen-bond acceptors (Lipinski definition) is 4. The van der Waals surface area contributed by atoms with Crippen LogP contribution in [0.3, 0.4) is 0 Å². The summed E-state index contributed by atoms with van der Waals surface area (Å²) in [7, 11) is -3.49. The summed E-state index contributed by atoms with van der Waals surface area (Å²) >= 11 is 0. The Morgan fingerprint density at radius 2 is 1.63 bits per heavy atom. The van der Waals surface area contributed by atoms with Gasteiger partial charge in [0, 0.05) is 24.3 Å². The maximum atomic E-state index is 12.9. The van der Waals surface area contributed by atoms with Crippen molar-refractivity contribution in [2.75, 3.05) is 28.6 Å². The molecular formula is C31H39N3O3S. The van der Waals surface area contributed by atoms with Crippen molar-refractivity contribution in [3.8, 4) is 0 Å². The molecule has 0 bridgehead atoms. The van der Waals surface area contributed by atoms with Crippen LogP contribution in [-0.2, 0) is 16.6 Å². The highest BCUT2D eigenvalue weighted by Crippen LogP contribution is 2.27. The van der Waals surface area contributed by atoms with Gasteiger partial charge in [0.25, 0.3) is 5.91 Å². The minimum Gasteiger partial charge on any atom is -0.372 e. The van der Waals surface area contributed by atoms with Gasteiger partial charge in [0.05, 0.1) is 24.5 Å². The summed E-state index contributed by atoms with van der Waals surface area (Å²) in [4.78, 5) is 15.4. The Morgan fingerprint density at radius 1 is 1.00 bits per heavy atom. The second-order valence-electron chi connectivity index (χ2n) is 10.7. The fourth-order valence-corrected chi connectivity index (χ4v) is 5.84. The van der Waals surface area contributed by atoms with Crippen LogP contribution in [0.2, 0.25) is 0 Å². The first-order valence-corrected chi connectivity index (χ1v) is 15.2. The average molecular weight is 534 g/mol.